The summed E-state index contributed by atoms with van der Waals surface area (Å²) < 4.78 is 0. The van der Waals surface area contributed by atoms with Gasteiger partial charge in [0.05, 0.1) is 16.8 Å². The highest BCUT2D eigenvalue weighted by Gasteiger charge is 2.40. The molecule has 1 aromatic rings. The minimum Gasteiger partial charge on any atom is -0.388 e. The molecule has 1 aliphatic heterocycles. The summed E-state index contributed by atoms with van der Waals surface area (Å²) in [5.74, 6) is -0.113. The summed E-state index contributed by atoms with van der Waals surface area (Å²) in [6.07, 6.45) is 1.59. The molecule has 1 amide bonds. The summed E-state index contributed by atoms with van der Waals surface area (Å²) in [4.78, 5) is 18.4. The van der Waals surface area contributed by atoms with Gasteiger partial charge in [-0.15, -0.1) is 11.3 Å². The van der Waals surface area contributed by atoms with E-state index < -0.39 is 11.7 Å². The van der Waals surface area contributed by atoms with Gasteiger partial charge in [-0.25, -0.2) is 4.98 Å². The van der Waals surface area contributed by atoms with Crippen LogP contribution in [-0.2, 0) is 0 Å². The van der Waals surface area contributed by atoms with Crippen LogP contribution < -0.4 is 0 Å². The van der Waals surface area contributed by atoms with E-state index in [1.54, 1.807) is 11.1 Å². The SMILES string of the molecule is CC[C@@]1(O)CCN(C(=O)c2cnc(C)s2)C[C@H]1O. The largest absolute Gasteiger partial charge is 0.388 e. The maximum absolute atomic E-state index is 12.2. The molecule has 0 radical (unpaired) electrons. The fraction of sp³-hybridized carbons (Fsp3) is 0.667. The van der Waals surface area contributed by atoms with Gasteiger partial charge in [0, 0.05) is 13.1 Å². The third-order valence-electron chi connectivity index (χ3n) is 3.56. The molecule has 100 valence electrons. The molecule has 1 aliphatic rings. The second kappa shape index (κ2) is 4.95. The Labute approximate surface area is 110 Å². The first-order valence-electron chi connectivity index (χ1n) is 6.08. The number of aliphatic hydroxyl groups excluding tert-OH is 1. The smallest absolute Gasteiger partial charge is 0.265 e. The van der Waals surface area contributed by atoms with E-state index >= 15 is 0 Å². The molecule has 2 rings (SSSR count). The molecule has 6 heteroatoms. The summed E-state index contributed by atoms with van der Waals surface area (Å²) in [6, 6.07) is 0. The van der Waals surface area contributed by atoms with Gasteiger partial charge in [0.15, 0.2) is 0 Å². The van der Waals surface area contributed by atoms with Crippen LogP contribution in [0.2, 0.25) is 0 Å². The maximum Gasteiger partial charge on any atom is 0.265 e. The molecule has 2 N–H and O–H groups in total. The van der Waals surface area contributed by atoms with Crippen molar-refractivity contribution in [1.29, 1.82) is 0 Å². The van der Waals surface area contributed by atoms with E-state index in [0.29, 0.717) is 24.3 Å². The van der Waals surface area contributed by atoms with Gasteiger partial charge in [-0.1, -0.05) is 6.92 Å². The summed E-state index contributed by atoms with van der Waals surface area (Å²) in [5, 5.41) is 20.9. The van der Waals surface area contributed by atoms with Crippen LogP contribution in [0.25, 0.3) is 0 Å². The van der Waals surface area contributed by atoms with E-state index in [2.05, 4.69) is 4.98 Å². The lowest BCUT2D eigenvalue weighted by molar-refractivity contribution is -0.114. The Morgan fingerprint density at radius 2 is 2.44 bits per heavy atom. The lowest BCUT2D eigenvalue weighted by Crippen LogP contribution is -2.56. The van der Waals surface area contributed by atoms with E-state index in [9.17, 15) is 15.0 Å². The second-order valence-electron chi connectivity index (χ2n) is 4.72. The van der Waals surface area contributed by atoms with Crippen molar-refractivity contribution in [3.63, 3.8) is 0 Å². The molecule has 2 heterocycles. The number of carbonyl (C=O) groups is 1. The molecule has 1 fully saturated rings. The average Bonchev–Trinajstić information content (AvgIpc) is 2.78. The van der Waals surface area contributed by atoms with Crippen LogP contribution in [0.1, 0.15) is 34.4 Å². The minimum absolute atomic E-state index is 0.113. The molecule has 18 heavy (non-hydrogen) atoms. The van der Waals surface area contributed by atoms with E-state index in [4.69, 9.17) is 0 Å². The minimum atomic E-state index is -1.06. The predicted octanol–water partition coefficient (Wildman–Crippen LogP) is 0.799. The van der Waals surface area contributed by atoms with Gasteiger partial charge in [0.2, 0.25) is 0 Å². The number of carbonyl (C=O) groups excluding carboxylic acids is 1. The Balaban J connectivity index is 2.07. The highest BCUT2D eigenvalue weighted by atomic mass is 32.1. The quantitative estimate of drug-likeness (QED) is 0.833. The molecule has 1 aromatic heterocycles. The van der Waals surface area contributed by atoms with Crippen LogP contribution in [-0.4, -0.2) is 50.8 Å². The van der Waals surface area contributed by atoms with Gasteiger partial charge in [-0.3, -0.25) is 4.79 Å². The number of rotatable bonds is 2. The third-order valence-corrected chi connectivity index (χ3v) is 4.46. The molecule has 2 atom stereocenters. The molecular formula is C12H18N2O3S. The fourth-order valence-corrected chi connectivity index (χ4v) is 2.92. The monoisotopic (exact) mass is 270 g/mol. The second-order valence-corrected chi connectivity index (χ2v) is 5.95. The van der Waals surface area contributed by atoms with Gasteiger partial charge in [-0.2, -0.15) is 0 Å². The topological polar surface area (TPSA) is 73.7 Å². The Kier molecular flexibility index (Phi) is 3.70. The molecule has 5 nitrogen and oxygen atoms in total. The zero-order chi connectivity index (χ0) is 13.3. The van der Waals surface area contributed by atoms with Gasteiger partial charge in [-0.05, 0) is 19.8 Å². The number of β-amino-alcohol motifs (C(OH)–C–C–N with tert-alkyl or cyclic N) is 1. The van der Waals surface area contributed by atoms with Gasteiger partial charge in [0.1, 0.15) is 11.0 Å². The highest BCUT2D eigenvalue weighted by molar-refractivity contribution is 7.13. The van der Waals surface area contributed by atoms with Crippen molar-refractivity contribution in [3.8, 4) is 0 Å². The molecule has 0 saturated carbocycles. The van der Waals surface area contributed by atoms with Crippen LogP contribution >= 0.6 is 11.3 Å². The molecule has 0 bridgehead atoms. The number of hydrogen-bond donors (Lipinski definition) is 2. The van der Waals surface area contributed by atoms with Crippen LogP contribution in [0.3, 0.4) is 0 Å². The van der Waals surface area contributed by atoms with Gasteiger partial charge in [0.25, 0.3) is 5.91 Å². The van der Waals surface area contributed by atoms with Crippen molar-refractivity contribution >= 4 is 17.2 Å². The average molecular weight is 270 g/mol. The maximum atomic E-state index is 12.2. The summed E-state index contributed by atoms with van der Waals surface area (Å²) >= 11 is 1.35. The van der Waals surface area contributed by atoms with E-state index in [1.165, 1.54) is 11.3 Å². The Bertz CT molecular complexity index is 448. The van der Waals surface area contributed by atoms with Crippen molar-refractivity contribution in [2.45, 2.75) is 38.4 Å². The number of thiazole rings is 1. The predicted molar refractivity (Wildman–Crippen MR) is 68.6 cm³/mol. The first-order chi connectivity index (χ1) is 8.46. The van der Waals surface area contributed by atoms with Crippen molar-refractivity contribution in [2.24, 2.45) is 0 Å². The van der Waals surface area contributed by atoms with E-state index in [-0.39, 0.29) is 12.5 Å². The van der Waals surface area contributed by atoms with Crippen LogP contribution in [0.15, 0.2) is 6.20 Å². The number of likely N-dealkylation sites (tertiary alicyclic amines) is 1. The standard InChI is InChI=1S/C12H18N2O3S/c1-3-12(17)4-5-14(7-10(12)15)11(16)9-6-13-8(2)18-9/h6,10,15,17H,3-5,7H2,1-2H3/t10-,12-/m1/s1. The summed E-state index contributed by atoms with van der Waals surface area (Å²) in [6.45, 7) is 4.34. The zero-order valence-corrected chi connectivity index (χ0v) is 11.4. The lowest BCUT2D eigenvalue weighted by atomic mass is 9.86. The third kappa shape index (κ3) is 2.41. The number of aromatic nitrogens is 1. The van der Waals surface area contributed by atoms with Crippen molar-refractivity contribution < 1.29 is 15.0 Å². The Hall–Kier alpha value is -0.980. The lowest BCUT2D eigenvalue weighted by Gasteiger charge is -2.41. The summed E-state index contributed by atoms with van der Waals surface area (Å²) in [7, 11) is 0. The van der Waals surface area contributed by atoms with E-state index in [0.717, 1.165) is 5.01 Å². The Morgan fingerprint density at radius 3 is 2.94 bits per heavy atom. The first-order valence-corrected chi connectivity index (χ1v) is 6.90. The van der Waals surface area contributed by atoms with Crippen LogP contribution in [0, 0.1) is 6.92 Å². The van der Waals surface area contributed by atoms with Gasteiger partial charge < -0.3 is 15.1 Å². The number of amides is 1. The molecule has 0 unspecified atom stereocenters. The number of aliphatic hydroxyl groups is 2. The number of nitrogens with zero attached hydrogens (tertiary/aromatic N) is 2. The van der Waals surface area contributed by atoms with Crippen molar-refractivity contribution in [2.75, 3.05) is 13.1 Å². The first kappa shape index (κ1) is 13.5. The zero-order valence-electron chi connectivity index (χ0n) is 10.6. The number of hydrogen-bond acceptors (Lipinski definition) is 5. The van der Waals surface area contributed by atoms with Crippen LogP contribution in [0.5, 0.6) is 0 Å². The van der Waals surface area contributed by atoms with E-state index in [1.807, 2.05) is 13.8 Å². The number of piperidine rings is 1. The normalized spacial score (nSPS) is 28.4. The van der Waals surface area contributed by atoms with Gasteiger partial charge >= 0.3 is 0 Å². The van der Waals surface area contributed by atoms with Crippen LogP contribution in [0.4, 0.5) is 0 Å². The summed E-state index contributed by atoms with van der Waals surface area (Å²) in [5.41, 5.74) is -1.06. The molecule has 0 spiro atoms. The van der Waals surface area contributed by atoms with Crippen molar-refractivity contribution in [1.82, 2.24) is 9.88 Å². The Morgan fingerprint density at radius 1 is 1.72 bits per heavy atom. The van der Waals surface area contributed by atoms with Crippen molar-refractivity contribution in [3.05, 3.63) is 16.1 Å². The molecular weight excluding hydrogens is 252 g/mol. The molecule has 1 saturated heterocycles. The molecule has 0 aliphatic carbocycles. The number of aryl methyl sites for hydroxylation is 1. The molecule has 0 aromatic carbocycles. The fourth-order valence-electron chi connectivity index (χ4n) is 2.18. The highest BCUT2D eigenvalue weighted by Crippen LogP contribution is 2.27.